The average Bonchev–Trinajstić information content (AvgIpc) is 3.94. The maximum Gasteiger partial charge on any atom is 0.407 e. The molecule has 0 unspecified atom stereocenters. The number of amides is 4. The fourth-order valence-electron chi connectivity index (χ4n) is 5.79. The van der Waals surface area contributed by atoms with E-state index in [-0.39, 0.29) is 0 Å². The molecule has 6 N–H and O–H groups in total. The number of hydrogen-bond donors (Lipinski definition) is 6. The molecule has 0 fully saturated rings. The number of benzene rings is 2. The molecule has 6 aromatic rings. The maximum atomic E-state index is 13.2. The molecule has 0 bridgehead atoms. The number of nitrogens with zero attached hydrogens (tertiary/aromatic N) is 4. The highest BCUT2D eigenvalue weighted by atomic mass is 16.5. The van der Waals surface area contributed by atoms with Crippen molar-refractivity contribution in [2.75, 3.05) is 14.2 Å². The number of hydrogen-bond acceptors (Lipinski definition) is 10. The first-order valence-corrected chi connectivity index (χ1v) is 17.6. The van der Waals surface area contributed by atoms with Crippen LogP contribution in [-0.2, 0) is 19.1 Å². The molecule has 56 heavy (non-hydrogen) atoms. The third kappa shape index (κ3) is 9.22. The Morgan fingerprint density at radius 3 is 1.25 bits per heavy atom. The number of carbonyl (C=O) groups excluding carboxylic acids is 4. The minimum Gasteiger partial charge on any atom is -0.453 e. The molecule has 0 aliphatic heterocycles. The first kappa shape index (κ1) is 38.4. The van der Waals surface area contributed by atoms with Crippen molar-refractivity contribution in [3.63, 3.8) is 0 Å². The van der Waals surface area contributed by atoms with Crippen LogP contribution in [0.25, 0.3) is 33.9 Å². The lowest BCUT2D eigenvalue weighted by molar-refractivity contribution is -0.124. The van der Waals surface area contributed by atoms with Crippen LogP contribution in [0.15, 0.2) is 110 Å². The van der Waals surface area contributed by atoms with Gasteiger partial charge in [-0.05, 0) is 49.2 Å². The van der Waals surface area contributed by atoms with E-state index in [1.165, 1.54) is 14.2 Å². The molecule has 16 nitrogen and oxygen atoms in total. The lowest BCUT2D eigenvalue weighted by Gasteiger charge is -2.20. The van der Waals surface area contributed by atoms with E-state index in [9.17, 15) is 19.2 Å². The molecule has 4 atom stereocenters. The monoisotopic (exact) mass is 756 g/mol. The minimum absolute atomic E-state index is 0.424. The maximum absolute atomic E-state index is 13.2. The fraction of sp³-hybridized carbons (Fsp3) is 0.200. The summed E-state index contributed by atoms with van der Waals surface area (Å²) in [6.45, 7) is 3.57. The number of imidazole rings is 2. The van der Waals surface area contributed by atoms with Crippen LogP contribution in [0, 0.1) is 0 Å². The molecule has 6 rings (SSSR count). The van der Waals surface area contributed by atoms with Crippen molar-refractivity contribution in [2.45, 2.75) is 38.0 Å². The van der Waals surface area contributed by atoms with Crippen LogP contribution in [0.3, 0.4) is 0 Å². The van der Waals surface area contributed by atoms with Gasteiger partial charge in [-0.3, -0.25) is 19.6 Å². The lowest BCUT2D eigenvalue weighted by Crippen LogP contribution is -2.41. The third-order valence-corrected chi connectivity index (χ3v) is 8.83. The molecule has 4 aromatic heterocycles. The summed E-state index contributed by atoms with van der Waals surface area (Å²) in [6.07, 6.45) is 5.28. The Morgan fingerprint density at radius 1 is 0.518 bits per heavy atom. The molecule has 4 heterocycles. The first-order valence-electron chi connectivity index (χ1n) is 17.6. The van der Waals surface area contributed by atoms with Crippen molar-refractivity contribution < 1.29 is 28.7 Å². The molecule has 2 aromatic carbocycles. The van der Waals surface area contributed by atoms with Crippen LogP contribution in [0.5, 0.6) is 0 Å². The number of nitrogens with one attached hydrogen (secondary N) is 6. The van der Waals surface area contributed by atoms with Crippen LogP contribution in [-0.4, -0.2) is 68.1 Å². The zero-order valence-electron chi connectivity index (χ0n) is 30.9. The van der Waals surface area contributed by atoms with Gasteiger partial charge in [0.15, 0.2) is 0 Å². The van der Waals surface area contributed by atoms with Gasteiger partial charge in [0, 0.05) is 23.5 Å². The van der Waals surface area contributed by atoms with Crippen LogP contribution in [0.4, 0.5) is 9.59 Å². The van der Waals surface area contributed by atoms with Crippen LogP contribution >= 0.6 is 0 Å². The molecule has 0 saturated carbocycles. The van der Waals surface area contributed by atoms with Crippen LogP contribution in [0.2, 0.25) is 0 Å². The molecule has 4 amide bonds. The van der Waals surface area contributed by atoms with Gasteiger partial charge >= 0.3 is 12.2 Å². The van der Waals surface area contributed by atoms with Crippen molar-refractivity contribution in [2.24, 2.45) is 0 Å². The third-order valence-electron chi connectivity index (χ3n) is 8.83. The predicted molar refractivity (Wildman–Crippen MR) is 205 cm³/mol. The summed E-state index contributed by atoms with van der Waals surface area (Å²) in [6, 6.07) is 22.3. The minimum atomic E-state index is -0.960. The first-order chi connectivity index (χ1) is 27.1. The van der Waals surface area contributed by atoms with Crippen molar-refractivity contribution >= 4 is 24.0 Å². The summed E-state index contributed by atoms with van der Waals surface area (Å²) in [7, 11) is 2.47. The molecular formula is C40H40N10O6. The van der Waals surface area contributed by atoms with E-state index < -0.39 is 48.2 Å². The Morgan fingerprint density at radius 2 is 0.911 bits per heavy atom. The smallest absolute Gasteiger partial charge is 0.407 e. The average molecular weight is 757 g/mol. The Kier molecular flexibility index (Phi) is 12.1. The number of alkyl carbamates (subject to hydrolysis) is 2. The lowest BCUT2D eigenvalue weighted by atomic mass is 10.1. The highest BCUT2D eigenvalue weighted by Gasteiger charge is 2.27. The molecule has 286 valence electrons. The van der Waals surface area contributed by atoms with Crippen molar-refractivity contribution in [3.05, 3.63) is 132 Å². The van der Waals surface area contributed by atoms with E-state index in [1.54, 1.807) is 87.2 Å². The normalized spacial score (nSPS) is 13.0. The summed E-state index contributed by atoms with van der Waals surface area (Å²) in [5.74, 6) is 0.189. The van der Waals surface area contributed by atoms with Gasteiger partial charge in [-0.25, -0.2) is 19.6 Å². The van der Waals surface area contributed by atoms with E-state index in [0.717, 1.165) is 11.1 Å². The second-order valence-corrected chi connectivity index (χ2v) is 12.6. The van der Waals surface area contributed by atoms with Crippen molar-refractivity contribution in [1.29, 1.82) is 0 Å². The second-order valence-electron chi connectivity index (χ2n) is 12.6. The number of methoxy groups -OCH3 is 2. The summed E-state index contributed by atoms with van der Waals surface area (Å²) < 4.78 is 9.43. The number of rotatable bonds is 13. The molecule has 0 aliphatic carbocycles. The van der Waals surface area contributed by atoms with Gasteiger partial charge in [0.1, 0.15) is 23.7 Å². The van der Waals surface area contributed by atoms with Gasteiger partial charge in [-0.2, -0.15) is 0 Å². The predicted octanol–water partition coefficient (Wildman–Crippen LogP) is 5.47. The highest BCUT2D eigenvalue weighted by Crippen LogP contribution is 2.25. The van der Waals surface area contributed by atoms with Gasteiger partial charge in [0.25, 0.3) is 0 Å². The molecule has 16 heteroatoms. The summed E-state index contributed by atoms with van der Waals surface area (Å²) >= 11 is 0. The quantitative estimate of drug-likeness (QED) is 0.0873. The molecular weight excluding hydrogens is 717 g/mol. The molecule has 0 saturated heterocycles. The largest absolute Gasteiger partial charge is 0.453 e. The van der Waals surface area contributed by atoms with Crippen molar-refractivity contribution in [1.82, 2.24) is 51.2 Å². The van der Waals surface area contributed by atoms with Gasteiger partial charge in [-0.15, -0.1) is 0 Å². The van der Waals surface area contributed by atoms with E-state index in [1.807, 2.05) is 36.4 Å². The Hall–Kier alpha value is -7.36. The number of pyridine rings is 2. The van der Waals surface area contributed by atoms with Gasteiger partial charge in [0.2, 0.25) is 11.8 Å². The van der Waals surface area contributed by atoms with E-state index in [0.29, 0.717) is 45.6 Å². The van der Waals surface area contributed by atoms with Gasteiger partial charge in [-0.1, -0.05) is 60.7 Å². The standard InChI is InChI=1S/C40H40N10O6/c1-23(45-37(51)33(49-39(53)55-3)25-11-7-5-8-12-25)35-43-21-31(47-35)27-15-17-29(41-19-27)30-18-16-28(20-42-30)32-22-44-36(48-32)24(2)46-38(52)34(50-40(54)56-4)26-13-9-6-10-14-26/h5-24,33-34H,1-4H3,(H,43,47)(H,44,48)(H,45,51)(H,46,52)(H,49,53)(H,50,54)/t23-,24-,33+,34+/m0/s1. The van der Waals surface area contributed by atoms with Crippen molar-refractivity contribution in [3.8, 4) is 33.9 Å². The second kappa shape index (κ2) is 17.6. The van der Waals surface area contributed by atoms with Gasteiger partial charge < -0.3 is 40.7 Å². The highest BCUT2D eigenvalue weighted by molar-refractivity contribution is 5.88. The van der Waals surface area contributed by atoms with Crippen LogP contribution < -0.4 is 21.3 Å². The summed E-state index contributed by atoms with van der Waals surface area (Å²) in [4.78, 5) is 75.0. The fourth-order valence-corrected chi connectivity index (χ4v) is 5.79. The summed E-state index contributed by atoms with van der Waals surface area (Å²) in [5, 5.41) is 11.0. The number of carbonyl (C=O) groups is 4. The number of aromatic amines is 2. The summed E-state index contributed by atoms with van der Waals surface area (Å²) in [5.41, 5.74) is 5.47. The number of H-pyrrole nitrogens is 2. The van der Waals surface area contributed by atoms with E-state index >= 15 is 0 Å². The molecule has 0 spiro atoms. The Labute approximate surface area is 321 Å². The van der Waals surface area contributed by atoms with Gasteiger partial charge in [0.05, 0.1) is 61.5 Å². The molecule has 0 aliphatic rings. The number of aromatic nitrogens is 6. The Balaban J connectivity index is 1.07. The topological polar surface area (TPSA) is 218 Å². The SMILES string of the molecule is COC(=O)N[C@@H](C(=O)N[C@@H](C)c1ncc(-c2ccc(-c3ccc(-c4cnc([C@H](C)NC(=O)[C@H](NC(=O)OC)c5ccccc5)[nH]4)cn3)nc2)[nH]1)c1ccccc1. The number of ether oxygens (including phenoxy) is 2. The Bertz CT molecular complexity index is 2100. The molecule has 0 radical (unpaired) electrons. The van der Waals surface area contributed by atoms with Crippen LogP contribution in [0.1, 0.15) is 60.8 Å². The van der Waals surface area contributed by atoms with E-state index in [4.69, 9.17) is 9.47 Å². The zero-order valence-corrected chi connectivity index (χ0v) is 30.9. The zero-order chi connectivity index (χ0) is 39.6. The van der Waals surface area contributed by atoms with E-state index in [2.05, 4.69) is 51.2 Å².